The molecule has 0 N–H and O–H groups in total. The van der Waals surface area contributed by atoms with Gasteiger partial charge in [0, 0.05) is 0 Å². The standard InChI is InChI=1S/C21H19N3.3ClH.Co/c1-16-6-10-18(11-7-16)22-14-20-4-3-5-21(24-20)15-23-19-12-8-17(2)9-13-19;;;;/h3-15H,1-2H3;3*1H;/q;;;;+3/p-3. The number of hydrogen-bond donors (Lipinski definition) is 0. The summed E-state index contributed by atoms with van der Waals surface area (Å²) in [7, 11) is 0. The minimum atomic E-state index is 0. The van der Waals surface area contributed by atoms with Crippen molar-refractivity contribution in [2.24, 2.45) is 9.98 Å². The molecular formula is C21H19Cl3CoN3. The fraction of sp³-hybridized carbons (Fsp3) is 0.0952. The smallest absolute Gasteiger partial charge is 1.00 e. The van der Waals surface area contributed by atoms with Gasteiger partial charge in [-0.1, -0.05) is 41.5 Å². The number of rotatable bonds is 4. The number of benzene rings is 2. The average molecular weight is 479 g/mol. The molecule has 0 unspecified atom stereocenters. The molecule has 1 heterocycles. The zero-order chi connectivity index (χ0) is 16.8. The Balaban J connectivity index is 0. The number of aryl methyl sites for hydroxylation is 2. The first-order chi connectivity index (χ1) is 11.7. The van der Waals surface area contributed by atoms with Crippen LogP contribution < -0.4 is 37.2 Å². The van der Waals surface area contributed by atoms with Crippen LogP contribution in [0.15, 0.2) is 76.7 Å². The zero-order valence-electron chi connectivity index (χ0n) is 15.3. The third kappa shape index (κ3) is 9.00. The summed E-state index contributed by atoms with van der Waals surface area (Å²) in [4.78, 5) is 13.4. The van der Waals surface area contributed by atoms with E-state index in [4.69, 9.17) is 0 Å². The van der Waals surface area contributed by atoms with Gasteiger partial charge in [0.25, 0.3) is 0 Å². The van der Waals surface area contributed by atoms with Crippen molar-refractivity contribution in [2.75, 3.05) is 0 Å². The average Bonchev–Trinajstić information content (AvgIpc) is 2.61. The Morgan fingerprint density at radius 2 is 0.964 bits per heavy atom. The van der Waals surface area contributed by atoms with Gasteiger partial charge in [-0.25, -0.2) is 4.98 Å². The van der Waals surface area contributed by atoms with E-state index in [1.54, 1.807) is 12.4 Å². The van der Waals surface area contributed by atoms with E-state index >= 15 is 0 Å². The molecular weight excluding hydrogens is 460 g/mol. The summed E-state index contributed by atoms with van der Waals surface area (Å²) < 4.78 is 0. The maximum Gasteiger partial charge on any atom is 3.00 e. The second kappa shape index (κ2) is 14.3. The molecule has 3 nitrogen and oxygen atoms in total. The molecule has 0 radical (unpaired) electrons. The van der Waals surface area contributed by atoms with Crippen LogP contribution in [0.4, 0.5) is 11.4 Å². The SMILES string of the molecule is Cc1ccc(N=Cc2cccc(C=Nc3ccc(C)cc3)n2)cc1.[Cl-].[Cl-].[Cl-].[Co+3]. The second-order valence-electron chi connectivity index (χ2n) is 5.67. The van der Waals surface area contributed by atoms with Crippen LogP contribution in [-0.2, 0) is 16.8 Å². The largest absolute Gasteiger partial charge is 3.00 e. The summed E-state index contributed by atoms with van der Waals surface area (Å²) in [6.45, 7) is 4.12. The molecule has 0 saturated carbocycles. The van der Waals surface area contributed by atoms with Crippen LogP contribution in [0.3, 0.4) is 0 Å². The van der Waals surface area contributed by atoms with Crippen molar-refractivity contribution in [2.45, 2.75) is 13.8 Å². The Morgan fingerprint density at radius 1 is 0.607 bits per heavy atom. The first-order valence-electron chi connectivity index (χ1n) is 7.87. The number of aliphatic imine (C=N–C) groups is 2. The number of pyridine rings is 1. The Labute approximate surface area is 195 Å². The molecule has 0 amide bonds. The van der Waals surface area contributed by atoms with Crippen LogP contribution in [0.2, 0.25) is 0 Å². The minimum Gasteiger partial charge on any atom is -1.00 e. The normalized spacial score (nSPS) is 9.79. The predicted molar refractivity (Wildman–Crippen MR) is 101 cm³/mol. The van der Waals surface area contributed by atoms with Crippen molar-refractivity contribution in [3.05, 3.63) is 89.2 Å². The fourth-order valence-corrected chi connectivity index (χ4v) is 2.16. The fourth-order valence-electron chi connectivity index (χ4n) is 2.16. The van der Waals surface area contributed by atoms with Gasteiger partial charge in [0.15, 0.2) is 0 Å². The van der Waals surface area contributed by atoms with E-state index in [0.29, 0.717) is 0 Å². The van der Waals surface area contributed by atoms with Gasteiger partial charge < -0.3 is 37.2 Å². The van der Waals surface area contributed by atoms with Crippen molar-refractivity contribution in [3.8, 4) is 0 Å². The summed E-state index contributed by atoms with van der Waals surface area (Å²) in [5.74, 6) is 0. The Hall–Kier alpha value is -1.69. The van der Waals surface area contributed by atoms with Gasteiger partial charge in [-0.3, -0.25) is 9.98 Å². The summed E-state index contributed by atoms with van der Waals surface area (Å²) in [6.07, 6.45) is 3.54. The maximum atomic E-state index is 4.54. The molecule has 0 bridgehead atoms. The molecule has 0 spiro atoms. The van der Waals surface area contributed by atoms with E-state index in [2.05, 4.69) is 28.8 Å². The van der Waals surface area contributed by atoms with Crippen LogP contribution >= 0.6 is 0 Å². The molecule has 0 aliphatic heterocycles. The molecule has 0 aliphatic carbocycles. The topological polar surface area (TPSA) is 37.6 Å². The Bertz CT molecular complexity index is 809. The van der Waals surface area contributed by atoms with Gasteiger partial charge in [0.1, 0.15) is 0 Å². The van der Waals surface area contributed by atoms with Crippen molar-refractivity contribution < 1.29 is 54.0 Å². The second-order valence-corrected chi connectivity index (χ2v) is 5.67. The van der Waals surface area contributed by atoms with E-state index in [1.165, 1.54) is 11.1 Å². The first kappa shape index (κ1) is 28.5. The predicted octanol–water partition coefficient (Wildman–Crippen LogP) is -3.79. The van der Waals surface area contributed by atoms with Gasteiger partial charge in [-0.2, -0.15) is 0 Å². The molecule has 3 rings (SSSR count). The van der Waals surface area contributed by atoms with E-state index in [0.717, 1.165) is 22.8 Å². The van der Waals surface area contributed by atoms with Gasteiger partial charge in [0.05, 0.1) is 35.2 Å². The van der Waals surface area contributed by atoms with Crippen LogP contribution in [0.1, 0.15) is 22.5 Å². The molecule has 28 heavy (non-hydrogen) atoms. The van der Waals surface area contributed by atoms with Crippen LogP contribution in [-0.4, -0.2) is 17.4 Å². The molecule has 3 aromatic rings. The molecule has 0 saturated heterocycles. The van der Waals surface area contributed by atoms with Gasteiger partial charge >= 0.3 is 16.8 Å². The summed E-state index contributed by atoms with van der Waals surface area (Å²) >= 11 is 0. The first-order valence-corrected chi connectivity index (χ1v) is 7.87. The van der Waals surface area contributed by atoms with Crippen LogP contribution in [0.25, 0.3) is 0 Å². The number of hydrogen-bond acceptors (Lipinski definition) is 3. The number of halogens is 3. The van der Waals surface area contributed by atoms with Crippen LogP contribution in [0.5, 0.6) is 0 Å². The monoisotopic (exact) mass is 477 g/mol. The van der Waals surface area contributed by atoms with Crippen LogP contribution in [0, 0.1) is 13.8 Å². The quantitative estimate of drug-likeness (QED) is 0.355. The van der Waals surface area contributed by atoms with Gasteiger partial charge in [-0.05, 0) is 50.2 Å². The van der Waals surface area contributed by atoms with E-state index < -0.39 is 0 Å². The molecule has 0 atom stereocenters. The molecule has 7 heteroatoms. The maximum absolute atomic E-state index is 4.54. The summed E-state index contributed by atoms with van der Waals surface area (Å²) in [6, 6.07) is 22.0. The van der Waals surface area contributed by atoms with E-state index in [9.17, 15) is 0 Å². The summed E-state index contributed by atoms with van der Waals surface area (Å²) in [5, 5.41) is 0. The Kier molecular flexibility index (Phi) is 14.6. The van der Waals surface area contributed by atoms with E-state index in [-0.39, 0.29) is 54.0 Å². The van der Waals surface area contributed by atoms with Crippen molar-refractivity contribution in [1.29, 1.82) is 0 Å². The van der Waals surface area contributed by atoms with Crippen molar-refractivity contribution in [1.82, 2.24) is 4.98 Å². The minimum absolute atomic E-state index is 0. The number of aromatic nitrogens is 1. The molecule has 148 valence electrons. The summed E-state index contributed by atoms with van der Waals surface area (Å²) in [5.41, 5.74) is 5.90. The van der Waals surface area contributed by atoms with Gasteiger partial charge in [-0.15, -0.1) is 0 Å². The molecule has 1 aromatic heterocycles. The number of nitrogens with zero attached hydrogens (tertiary/aromatic N) is 3. The third-order valence-electron chi connectivity index (χ3n) is 3.55. The Morgan fingerprint density at radius 3 is 1.32 bits per heavy atom. The van der Waals surface area contributed by atoms with Gasteiger partial charge in [0.2, 0.25) is 0 Å². The van der Waals surface area contributed by atoms with Crippen molar-refractivity contribution >= 4 is 23.8 Å². The molecule has 0 fully saturated rings. The zero-order valence-corrected chi connectivity index (χ0v) is 18.6. The molecule has 0 aliphatic rings. The van der Waals surface area contributed by atoms with E-state index in [1.807, 2.05) is 66.7 Å². The molecule has 2 aromatic carbocycles. The third-order valence-corrected chi connectivity index (χ3v) is 3.55. The van der Waals surface area contributed by atoms with Crippen molar-refractivity contribution in [3.63, 3.8) is 0 Å².